The second kappa shape index (κ2) is 10.5. The largest absolute Gasteiger partial charge is 0.495 e. The Morgan fingerprint density at radius 1 is 1.06 bits per heavy atom. The predicted octanol–water partition coefficient (Wildman–Crippen LogP) is 4.14. The standard InChI is InChI=1S/C23H23N3O5S/c1-4-15-5-7-16(8-6-15)22-26-19(13-32-22)23(29)31-12-21(28)25-18-11-17(24-14(2)27)9-10-20(18)30-3/h5-11,13H,4,12H2,1-3H3,(H,24,27)(H,25,28). The van der Waals surface area contributed by atoms with Crippen molar-refractivity contribution < 1.29 is 23.9 Å². The number of ether oxygens (including phenoxy) is 2. The number of carbonyl (C=O) groups is 3. The summed E-state index contributed by atoms with van der Waals surface area (Å²) in [6.45, 7) is 2.97. The fraction of sp³-hybridized carbons (Fsp3) is 0.217. The number of benzene rings is 2. The van der Waals surface area contributed by atoms with Crippen LogP contribution in [0.4, 0.5) is 11.4 Å². The molecule has 2 amide bonds. The van der Waals surface area contributed by atoms with Gasteiger partial charge in [-0.2, -0.15) is 0 Å². The Bertz CT molecular complexity index is 1120. The van der Waals surface area contributed by atoms with Gasteiger partial charge in [0.15, 0.2) is 12.3 Å². The lowest BCUT2D eigenvalue weighted by atomic mass is 10.1. The number of anilines is 2. The second-order valence-electron chi connectivity index (χ2n) is 6.81. The van der Waals surface area contributed by atoms with Crippen molar-refractivity contribution in [2.24, 2.45) is 0 Å². The van der Waals surface area contributed by atoms with Crippen LogP contribution in [0.15, 0.2) is 47.8 Å². The number of amides is 2. The number of aromatic nitrogens is 1. The maximum atomic E-state index is 12.3. The van der Waals surface area contributed by atoms with Crippen LogP contribution in [-0.4, -0.2) is 36.5 Å². The van der Waals surface area contributed by atoms with Crippen LogP contribution in [0.3, 0.4) is 0 Å². The van der Waals surface area contributed by atoms with Gasteiger partial charge in [0.25, 0.3) is 5.91 Å². The summed E-state index contributed by atoms with van der Waals surface area (Å²) >= 11 is 1.33. The van der Waals surface area contributed by atoms with E-state index in [4.69, 9.17) is 9.47 Å². The van der Waals surface area contributed by atoms with Crippen LogP contribution in [0.2, 0.25) is 0 Å². The molecule has 0 saturated carbocycles. The molecule has 1 heterocycles. The number of hydrogen-bond acceptors (Lipinski definition) is 7. The van der Waals surface area contributed by atoms with E-state index in [-0.39, 0.29) is 11.6 Å². The quantitative estimate of drug-likeness (QED) is 0.497. The van der Waals surface area contributed by atoms with E-state index in [2.05, 4.69) is 22.5 Å². The lowest BCUT2D eigenvalue weighted by Crippen LogP contribution is -2.21. The first-order valence-electron chi connectivity index (χ1n) is 9.87. The highest BCUT2D eigenvalue weighted by atomic mass is 32.1. The van der Waals surface area contributed by atoms with E-state index < -0.39 is 18.5 Å². The Hall–Kier alpha value is -3.72. The van der Waals surface area contributed by atoms with E-state index in [0.29, 0.717) is 22.1 Å². The van der Waals surface area contributed by atoms with Gasteiger partial charge in [0, 0.05) is 23.6 Å². The van der Waals surface area contributed by atoms with Gasteiger partial charge in [-0.25, -0.2) is 9.78 Å². The molecular weight excluding hydrogens is 430 g/mol. The van der Waals surface area contributed by atoms with Crippen molar-refractivity contribution in [3.63, 3.8) is 0 Å². The zero-order chi connectivity index (χ0) is 23.1. The number of hydrogen-bond donors (Lipinski definition) is 2. The zero-order valence-corrected chi connectivity index (χ0v) is 18.7. The zero-order valence-electron chi connectivity index (χ0n) is 17.9. The van der Waals surface area contributed by atoms with Gasteiger partial charge in [-0.3, -0.25) is 9.59 Å². The highest BCUT2D eigenvalue weighted by Crippen LogP contribution is 2.28. The summed E-state index contributed by atoms with van der Waals surface area (Å²) in [4.78, 5) is 40.2. The Kier molecular flexibility index (Phi) is 7.56. The van der Waals surface area contributed by atoms with Crippen LogP contribution in [0.25, 0.3) is 10.6 Å². The number of carbonyl (C=O) groups excluding carboxylic acids is 3. The van der Waals surface area contributed by atoms with E-state index in [1.54, 1.807) is 23.6 Å². The molecule has 2 aromatic carbocycles. The monoisotopic (exact) mass is 453 g/mol. The van der Waals surface area contributed by atoms with E-state index in [1.165, 1.54) is 30.9 Å². The van der Waals surface area contributed by atoms with Crippen molar-refractivity contribution in [2.45, 2.75) is 20.3 Å². The summed E-state index contributed by atoms with van der Waals surface area (Å²) in [5.74, 6) is -1.09. The molecule has 2 N–H and O–H groups in total. The third kappa shape index (κ3) is 5.92. The number of aryl methyl sites for hydroxylation is 1. The molecule has 0 fully saturated rings. The number of rotatable bonds is 8. The minimum atomic E-state index is -0.688. The SMILES string of the molecule is CCc1ccc(-c2nc(C(=O)OCC(=O)Nc3cc(NC(C)=O)ccc3OC)cs2)cc1. The molecule has 0 aliphatic carbocycles. The molecule has 0 aliphatic rings. The molecule has 9 heteroatoms. The van der Waals surface area contributed by atoms with E-state index in [1.807, 2.05) is 24.3 Å². The van der Waals surface area contributed by atoms with Gasteiger partial charge in [-0.15, -0.1) is 11.3 Å². The summed E-state index contributed by atoms with van der Waals surface area (Å²) in [6.07, 6.45) is 0.946. The third-order valence-corrected chi connectivity index (χ3v) is 5.34. The van der Waals surface area contributed by atoms with Gasteiger partial charge < -0.3 is 20.1 Å². The van der Waals surface area contributed by atoms with Crippen LogP contribution < -0.4 is 15.4 Å². The molecule has 166 valence electrons. The molecule has 3 aromatic rings. The highest BCUT2D eigenvalue weighted by molar-refractivity contribution is 7.13. The molecule has 0 radical (unpaired) electrons. The number of nitrogens with one attached hydrogen (secondary N) is 2. The summed E-state index contributed by atoms with van der Waals surface area (Å²) in [5, 5.41) is 7.54. The van der Waals surface area contributed by atoms with Crippen LogP contribution in [0.1, 0.15) is 29.9 Å². The van der Waals surface area contributed by atoms with Gasteiger partial charge in [0.2, 0.25) is 5.91 Å². The Balaban J connectivity index is 1.60. The van der Waals surface area contributed by atoms with E-state index in [9.17, 15) is 14.4 Å². The van der Waals surface area contributed by atoms with Crippen molar-refractivity contribution in [3.8, 4) is 16.3 Å². The maximum absolute atomic E-state index is 12.3. The molecule has 0 atom stereocenters. The van der Waals surface area contributed by atoms with Gasteiger partial charge >= 0.3 is 5.97 Å². The van der Waals surface area contributed by atoms with Crippen LogP contribution >= 0.6 is 11.3 Å². The van der Waals surface area contributed by atoms with Crippen molar-refractivity contribution >= 4 is 40.5 Å². The average molecular weight is 454 g/mol. The number of thiazole rings is 1. The minimum absolute atomic E-state index is 0.141. The fourth-order valence-electron chi connectivity index (χ4n) is 2.86. The molecule has 32 heavy (non-hydrogen) atoms. The smallest absolute Gasteiger partial charge is 0.358 e. The van der Waals surface area contributed by atoms with Crippen molar-refractivity contribution in [3.05, 3.63) is 59.1 Å². The topological polar surface area (TPSA) is 107 Å². The normalized spacial score (nSPS) is 10.3. The molecule has 0 spiro atoms. The molecule has 3 rings (SSSR count). The van der Waals surface area contributed by atoms with E-state index >= 15 is 0 Å². The summed E-state index contributed by atoms with van der Waals surface area (Å²) in [5.41, 5.74) is 3.10. The molecule has 0 aliphatic heterocycles. The van der Waals surface area contributed by atoms with Gasteiger partial charge in [0.05, 0.1) is 12.8 Å². The molecule has 0 unspecified atom stereocenters. The molecule has 1 aromatic heterocycles. The summed E-state index contributed by atoms with van der Waals surface area (Å²) in [7, 11) is 1.46. The summed E-state index contributed by atoms with van der Waals surface area (Å²) in [6, 6.07) is 12.8. The summed E-state index contributed by atoms with van der Waals surface area (Å²) < 4.78 is 10.3. The number of nitrogens with zero attached hydrogens (tertiary/aromatic N) is 1. The lowest BCUT2D eigenvalue weighted by Gasteiger charge is -2.12. The highest BCUT2D eigenvalue weighted by Gasteiger charge is 2.16. The molecular formula is C23H23N3O5S. The fourth-order valence-corrected chi connectivity index (χ4v) is 3.66. The predicted molar refractivity (Wildman–Crippen MR) is 123 cm³/mol. The minimum Gasteiger partial charge on any atom is -0.495 e. The van der Waals surface area contributed by atoms with Gasteiger partial charge in [-0.1, -0.05) is 31.2 Å². The molecule has 8 nitrogen and oxygen atoms in total. The maximum Gasteiger partial charge on any atom is 0.358 e. The van der Waals surface area contributed by atoms with Crippen LogP contribution in [-0.2, 0) is 20.7 Å². The Morgan fingerprint density at radius 3 is 2.47 bits per heavy atom. The van der Waals surface area contributed by atoms with Crippen LogP contribution in [0, 0.1) is 0 Å². The van der Waals surface area contributed by atoms with Crippen molar-refractivity contribution in [1.29, 1.82) is 0 Å². The third-order valence-electron chi connectivity index (χ3n) is 4.45. The van der Waals surface area contributed by atoms with Gasteiger partial charge in [0.1, 0.15) is 10.8 Å². The first-order valence-corrected chi connectivity index (χ1v) is 10.7. The Labute approximate surface area is 189 Å². The van der Waals surface area contributed by atoms with Crippen LogP contribution in [0.5, 0.6) is 5.75 Å². The lowest BCUT2D eigenvalue weighted by molar-refractivity contribution is -0.119. The van der Waals surface area contributed by atoms with Crippen molar-refractivity contribution in [2.75, 3.05) is 24.4 Å². The van der Waals surface area contributed by atoms with Gasteiger partial charge in [-0.05, 0) is 30.2 Å². The van der Waals surface area contributed by atoms with E-state index in [0.717, 1.165) is 12.0 Å². The second-order valence-corrected chi connectivity index (χ2v) is 7.67. The first-order chi connectivity index (χ1) is 15.4. The van der Waals surface area contributed by atoms with Crippen molar-refractivity contribution in [1.82, 2.24) is 4.98 Å². The first kappa shape index (κ1) is 23.0. The number of esters is 1. The molecule has 0 saturated heterocycles. The molecule has 0 bridgehead atoms. The average Bonchev–Trinajstić information content (AvgIpc) is 3.28. The Morgan fingerprint density at radius 2 is 1.81 bits per heavy atom. The number of methoxy groups -OCH3 is 1.